The van der Waals surface area contributed by atoms with Gasteiger partial charge in [-0.25, -0.2) is 0 Å². The molecule has 0 spiro atoms. The van der Waals surface area contributed by atoms with E-state index in [0.29, 0.717) is 19.8 Å². The SMILES string of the molecule is CCOCCNCC(=O)Nc1ccccc1Br. The fourth-order valence-corrected chi connectivity index (χ4v) is 1.63. The standard InChI is InChI=1S/C12H17BrN2O2/c1-2-17-8-7-14-9-12(16)15-11-6-4-3-5-10(11)13/h3-6,14H,2,7-9H2,1H3,(H,15,16). The molecule has 1 amide bonds. The molecule has 0 saturated heterocycles. The van der Waals surface area contributed by atoms with Crippen LogP contribution in [-0.2, 0) is 9.53 Å². The Hall–Kier alpha value is -0.910. The van der Waals surface area contributed by atoms with E-state index in [9.17, 15) is 4.79 Å². The molecule has 0 aliphatic carbocycles. The highest BCUT2D eigenvalue weighted by atomic mass is 79.9. The number of benzene rings is 1. The molecule has 0 aromatic heterocycles. The number of carbonyl (C=O) groups excluding carboxylic acids is 1. The van der Waals surface area contributed by atoms with Crippen LogP contribution in [0.25, 0.3) is 0 Å². The zero-order chi connectivity index (χ0) is 12.5. The zero-order valence-electron chi connectivity index (χ0n) is 9.83. The Morgan fingerprint density at radius 2 is 2.18 bits per heavy atom. The molecule has 2 N–H and O–H groups in total. The maximum Gasteiger partial charge on any atom is 0.238 e. The van der Waals surface area contributed by atoms with Crippen LogP contribution < -0.4 is 10.6 Å². The molecule has 17 heavy (non-hydrogen) atoms. The first-order chi connectivity index (χ1) is 8.24. The third kappa shape index (κ3) is 5.81. The molecule has 0 atom stereocenters. The Kier molecular flexibility index (Phi) is 6.84. The lowest BCUT2D eigenvalue weighted by Crippen LogP contribution is -2.30. The van der Waals surface area contributed by atoms with Gasteiger partial charge < -0.3 is 15.4 Å². The number of halogens is 1. The molecule has 0 unspecified atom stereocenters. The molecule has 0 aliphatic heterocycles. The Bertz CT molecular complexity index is 358. The highest BCUT2D eigenvalue weighted by molar-refractivity contribution is 9.10. The first kappa shape index (κ1) is 14.2. The number of hydrogen-bond donors (Lipinski definition) is 2. The Morgan fingerprint density at radius 3 is 2.88 bits per heavy atom. The van der Waals surface area contributed by atoms with Crippen molar-refractivity contribution in [1.82, 2.24) is 5.32 Å². The fraction of sp³-hybridized carbons (Fsp3) is 0.417. The Morgan fingerprint density at radius 1 is 1.41 bits per heavy atom. The topological polar surface area (TPSA) is 50.4 Å². The fourth-order valence-electron chi connectivity index (χ4n) is 1.25. The summed E-state index contributed by atoms with van der Waals surface area (Å²) in [5.41, 5.74) is 0.782. The van der Waals surface area contributed by atoms with Crippen LogP contribution in [0.3, 0.4) is 0 Å². The number of amides is 1. The van der Waals surface area contributed by atoms with Crippen LogP contribution in [0.5, 0.6) is 0 Å². The van der Waals surface area contributed by atoms with Crippen LogP contribution >= 0.6 is 15.9 Å². The van der Waals surface area contributed by atoms with Crippen molar-refractivity contribution >= 4 is 27.5 Å². The number of rotatable bonds is 7. The first-order valence-corrected chi connectivity index (χ1v) is 6.36. The van der Waals surface area contributed by atoms with Gasteiger partial charge in [-0.3, -0.25) is 4.79 Å². The van der Waals surface area contributed by atoms with E-state index in [-0.39, 0.29) is 12.5 Å². The summed E-state index contributed by atoms with van der Waals surface area (Å²) in [6, 6.07) is 7.52. The maximum atomic E-state index is 11.6. The van der Waals surface area contributed by atoms with Crippen LogP contribution in [0, 0.1) is 0 Å². The van der Waals surface area contributed by atoms with Crippen molar-refractivity contribution in [3.05, 3.63) is 28.7 Å². The van der Waals surface area contributed by atoms with Crippen molar-refractivity contribution in [3.63, 3.8) is 0 Å². The highest BCUT2D eigenvalue weighted by Crippen LogP contribution is 2.20. The second kappa shape index (κ2) is 8.22. The molecular formula is C12H17BrN2O2. The minimum Gasteiger partial charge on any atom is -0.380 e. The third-order valence-electron chi connectivity index (χ3n) is 2.06. The average molecular weight is 301 g/mol. The van der Waals surface area contributed by atoms with Crippen LogP contribution in [0.1, 0.15) is 6.92 Å². The minimum absolute atomic E-state index is 0.0617. The summed E-state index contributed by atoms with van der Waals surface area (Å²) in [7, 11) is 0. The van der Waals surface area contributed by atoms with Gasteiger partial charge in [0.15, 0.2) is 0 Å². The van der Waals surface area contributed by atoms with E-state index in [2.05, 4.69) is 26.6 Å². The Balaban J connectivity index is 2.23. The highest BCUT2D eigenvalue weighted by Gasteiger charge is 2.03. The van der Waals surface area contributed by atoms with Gasteiger partial charge in [-0.15, -0.1) is 0 Å². The molecule has 0 aliphatic rings. The van der Waals surface area contributed by atoms with Gasteiger partial charge >= 0.3 is 0 Å². The van der Waals surface area contributed by atoms with E-state index >= 15 is 0 Å². The summed E-state index contributed by atoms with van der Waals surface area (Å²) in [6.45, 7) is 4.23. The monoisotopic (exact) mass is 300 g/mol. The van der Waals surface area contributed by atoms with E-state index in [0.717, 1.165) is 10.2 Å². The maximum absolute atomic E-state index is 11.6. The van der Waals surface area contributed by atoms with Gasteiger partial charge in [0, 0.05) is 17.6 Å². The molecule has 4 nitrogen and oxygen atoms in total. The van der Waals surface area contributed by atoms with Crippen molar-refractivity contribution in [1.29, 1.82) is 0 Å². The van der Waals surface area contributed by atoms with Gasteiger partial charge in [0.2, 0.25) is 5.91 Å². The predicted molar refractivity (Wildman–Crippen MR) is 72.1 cm³/mol. The predicted octanol–water partition coefficient (Wildman–Crippen LogP) is 2.01. The quantitative estimate of drug-likeness (QED) is 0.758. The number of hydrogen-bond acceptors (Lipinski definition) is 3. The van der Waals surface area contributed by atoms with E-state index in [1.807, 2.05) is 31.2 Å². The van der Waals surface area contributed by atoms with E-state index < -0.39 is 0 Å². The van der Waals surface area contributed by atoms with E-state index in [4.69, 9.17) is 4.74 Å². The number of ether oxygens (including phenoxy) is 1. The second-order valence-electron chi connectivity index (χ2n) is 3.40. The van der Waals surface area contributed by atoms with Crippen molar-refractivity contribution in [2.45, 2.75) is 6.92 Å². The first-order valence-electron chi connectivity index (χ1n) is 5.57. The van der Waals surface area contributed by atoms with Crippen molar-refractivity contribution in [3.8, 4) is 0 Å². The van der Waals surface area contributed by atoms with Crippen molar-refractivity contribution < 1.29 is 9.53 Å². The minimum atomic E-state index is -0.0617. The van der Waals surface area contributed by atoms with Gasteiger partial charge in [0.05, 0.1) is 18.8 Å². The molecule has 94 valence electrons. The second-order valence-corrected chi connectivity index (χ2v) is 4.26. The van der Waals surface area contributed by atoms with Crippen molar-refractivity contribution in [2.24, 2.45) is 0 Å². The number of para-hydroxylation sites is 1. The van der Waals surface area contributed by atoms with Crippen LogP contribution in [0.4, 0.5) is 5.69 Å². The molecule has 0 radical (unpaired) electrons. The average Bonchev–Trinajstić information content (AvgIpc) is 2.32. The molecule has 1 aromatic carbocycles. The lowest BCUT2D eigenvalue weighted by Gasteiger charge is -2.08. The van der Waals surface area contributed by atoms with Gasteiger partial charge in [0.1, 0.15) is 0 Å². The molecule has 0 heterocycles. The van der Waals surface area contributed by atoms with Gasteiger partial charge in [-0.2, -0.15) is 0 Å². The van der Waals surface area contributed by atoms with Gasteiger partial charge in [-0.1, -0.05) is 12.1 Å². The molecule has 0 saturated carbocycles. The number of carbonyl (C=O) groups is 1. The summed E-state index contributed by atoms with van der Waals surface area (Å²) < 4.78 is 6.03. The molecule has 5 heteroatoms. The summed E-state index contributed by atoms with van der Waals surface area (Å²) in [6.07, 6.45) is 0. The third-order valence-corrected chi connectivity index (χ3v) is 2.75. The van der Waals surface area contributed by atoms with Crippen LogP contribution in [0.2, 0.25) is 0 Å². The van der Waals surface area contributed by atoms with Crippen molar-refractivity contribution in [2.75, 3.05) is 31.6 Å². The molecule has 1 rings (SSSR count). The van der Waals surface area contributed by atoms with Crippen LogP contribution in [0.15, 0.2) is 28.7 Å². The van der Waals surface area contributed by atoms with E-state index in [1.54, 1.807) is 0 Å². The lowest BCUT2D eigenvalue weighted by molar-refractivity contribution is -0.115. The molecule has 1 aromatic rings. The molecule has 0 fully saturated rings. The normalized spacial score (nSPS) is 10.2. The van der Waals surface area contributed by atoms with Gasteiger partial charge in [-0.05, 0) is 35.0 Å². The molecular weight excluding hydrogens is 284 g/mol. The summed E-state index contributed by atoms with van der Waals surface area (Å²) in [5.74, 6) is -0.0617. The van der Waals surface area contributed by atoms with Gasteiger partial charge in [0.25, 0.3) is 0 Å². The number of nitrogens with one attached hydrogen (secondary N) is 2. The zero-order valence-corrected chi connectivity index (χ0v) is 11.4. The smallest absolute Gasteiger partial charge is 0.238 e. The van der Waals surface area contributed by atoms with Crippen LogP contribution in [-0.4, -0.2) is 32.2 Å². The molecule has 0 bridgehead atoms. The Labute approximate surface area is 110 Å². The number of anilines is 1. The summed E-state index contributed by atoms with van der Waals surface area (Å²) in [4.78, 5) is 11.6. The summed E-state index contributed by atoms with van der Waals surface area (Å²) in [5, 5.41) is 5.82. The summed E-state index contributed by atoms with van der Waals surface area (Å²) >= 11 is 3.37. The van der Waals surface area contributed by atoms with E-state index in [1.165, 1.54) is 0 Å². The largest absolute Gasteiger partial charge is 0.380 e. The lowest BCUT2D eigenvalue weighted by atomic mass is 10.3.